The maximum Gasteiger partial charge on any atom is 0.255 e. The predicted molar refractivity (Wildman–Crippen MR) is 90.3 cm³/mol. The van der Waals surface area contributed by atoms with E-state index in [2.05, 4.69) is 59.3 Å². The highest BCUT2D eigenvalue weighted by molar-refractivity contribution is 14.1. The van der Waals surface area contributed by atoms with Crippen LogP contribution in [-0.2, 0) is 0 Å². The minimum absolute atomic E-state index is 0.150. The van der Waals surface area contributed by atoms with E-state index in [9.17, 15) is 4.79 Å². The molecule has 1 heterocycles. The molecule has 0 N–H and O–H groups in total. The molecule has 104 valence electrons. The zero-order valence-electron chi connectivity index (χ0n) is 11.5. The topological polar surface area (TPSA) is 20.3 Å². The molecule has 4 heteroatoms. The summed E-state index contributed by atoms with van der Waals surface area (Å²) < 4.78 is 1.98. The van der Waals surface area contributed by atoms with Gasteiger partial charge in [0.1, 0.15) is 0 Å². The summed E-state index contributed by atoms with van der Waals surface area (Å²) >= 11 is 5.73. The summed E-state index contributed by atoms with van der Waals surface area (Å²) in [6, 6.07) is 5.91. The number of benzene rings is 1. The SMILES string of the molecule is CC(C)(C)C1CCN(C(=O)c2cc(I)ccc2Br)C1. The van der Waals surface area contributed by atoms with E-state index in [1.54, 1.807) is 0 Å². The van der Waals surface area contributed by atoms with Gasteiger partial charge in [-0.05, 0) is 74.5 Å². The molecule has 1 aromatic carbocycles. The molecule has 1 aliphatic heterocycles. The molecule has 19 heavy (non-hydrogen) atoms. The zero-order valence-corrected chi connectivity index (χ0v) is 15.3. The number of halogens is 2. The largest absolute Gasteiger partial charge is 0.338 e. The van der Waals surface area contributed by atoms with Crippen LogP contribution in [0.3, 0.4) is 0 Å². The van der Waals surface area contributed by atoms with Crippen molar-refractivity contribution in [3.05, 3.63) is 31.8 Å². The average Bonchev–Trinajstić information content (AvgIpc) is 2.80. The van der Waals surface area contributed by atoms with Crippen LogP contribution in [0.15, 0.2) is 22.7 Å². The molecule has 0 aliphatic carbocycles. The Bertz CT molecular complexity index is 495. The van der Waals surface area contributed by atoms with Crippen molar-refractivity contribution in [1.29, 1.82) is 0 Å². The highest BCUT2D eigenvalue weighted by atomic mass is 127. The third-order valence-corrected chi connectivity index (χ3v) is 5.22. The first-order chi connectivity index (χ1) is 8.79. The molecule has 1 fully saturated rings. The van der Waals surface area contributed by atoms with Crippen LogP contribution in [0.4, 0.5) is 0 Å². The fourth-order valence-corrected chi connectivity index (χ4v) is 3.39. The van der Waals surface area contributed by atoms with Crippen LogP contribution in [0, 0.1) is 14.9 Å². The van der Waals surface area contributed by atoms with Crippen molar-refractivity contribution in [1.82, 2.24) is 4.90 Å². The van der Waals surface area contributed by atoms with Crippen LogP contribution in [0.1, 0.15) is 37.6 Å². The molecule has 0 spiro atoms. The number of nitrogens with zero attached hydrogens (tertiary/aromatic N) is 1. The van der Waals surface area contributed by atoms with Crippen LogP contribution in [0.25, 0.3) is 0 Å². The Balaban J connectivity index is 2.16. The molecule has 0 radical (unpaired) electrons. The van der Waals surface area contributed by atoms with Gasteiger partial charge in [0, 0.05) is 21.1 Å². The van der Waals surface area contributed by atoms with Gasteiger partial charge in [-0.15, -0.1) is 0 Å². The first-order valence-electron chi connectivity index (χ1n) is 6.53. The molecule has 1 unspecified atom stereocenters. The smallest absolute Gasteiger partial charge is 0.255 e. The molecule has 2 nitrogen and oxygen atoms in total. The second-order valence-electron chi connectivity index (χ2n) is 6.23. The van der Waals surface area contributed by atoms with Gasteiger partial charge in [-0.25, -0.2) is 0 Å². The number of amides is 1. The monoisotopic (exact) mass is 435 g/mol. The average molecular weight is 436 g/mol. The summed E-state index contributed by atoms with van der Waals surface area (Å²) in [7, 11) is 0. The van der Waals surface area contributed by atoms with Crippen LogP contribution in [0.2, 0.25) is 0 Å². The van der Waals surface area contributed by atoms with Crippen LogP contribution in [0.5, 0.6) is 0 Å². The first-order valence-corrected chi connectivity index (χ1v) is 8.40. The van der Waals surface area contributed by atoms with Gasteiger partial charge in [0.15, 0.2) is 0 Å². The number of hydrogen-bond donors (Lipinski definition) is 0. The van der Waals surface area contributed by atoms with E-state index >= 15 is 0 Å². The van der Waals surface area contributed by atoms with Crippen molar-refractivity contribution in [2.24, 2.45) is 11.3 Å². The highest BCUT2D eigenvalue weighted by Gasteiger charge is 2.34. The molecule has 1 aliphatic rings. The second-order valence-corrected chi connectivity index (χ2v) is 8.33. The van der Waals surface area contributed by atoms with E-state index in [1.165, 1.54) is 0 Å². The lowest BCUT2D eigenvalue weighted by Crippen LogP contribution is -2.31. The maximum atomic E-state index is 12.6. The van der Waals surface area contributed by atoms with Gasteiger partial charge in [0.2, 0.25) is 0 Å². The van der Waals surface area contributed by atoms with Crippen LogP contribution >= 0.6 is 38.5 Å². The Hall–Kier alpha value is -0.100. The Morgan fingerprint density at radius 2 is 2.11 bits per heavy atom. The van der Waals surface area contributed by atoms with E-state index < -0.39 is 0 Å². The zero-order chi connectivity index (χ0) is 14.2. The van der Waals surface area contributed by atoms with Crippen molar-refractivity contribution in [2.45, 2.75) is 27.2 Å². The van der Waals surface area contributed by atoms with Crippen molar-refractivity contribution in [3.63, 3.8) is 0 Å². The Morgan fingerprint density at radius 1 is 1.42 bits per heavy atom. The first kappa shape index (κ1) is 15.3. The number of likely N-dealkylation sites (tertiary alicyclic amines) is 1. The molecule has 1 saturated heterocycles. The Kier molecular flexibility index (Phi) is 4.60. The minimum atomic E-state index is 0.150. The second kappa shape index (κ2) is 5.72. The van der Waals surface area contributed by atoms with Crippen LogP contribution in [-0.4, -0.2) is 23.9 Å². The summed E-state index contributed by atoms with van der Waals surface area (Å²) in [6.45, 7) is 8.52. The van der Waals surface area contributed by atoms with Crippen LogP contribution < -0.4 is 0 Å². The van der Waals surface area contributed by atoms with E-state index in [0.717, 1.165) is 33.1 Å². The van der Waals surface area contributed by atoms with Gasteiger partial charge < -0.3 is 4.90 Å². The number of hydrogen-bond acceptors (Lipinski definition) is 1. The third kappa shape index (κ3) is 3.51. The molecule has 0 saturated carbocycles. The lowest BCUT2D eigenvalue weighted by molar-refractivity contribution is 0.0775. The lowest BCUT2D eigenvalue weighted by Gasteiger charge is -2.27. The number of rotatable bonds is 1. The van der Waals surface area contributed by atoms with E-state index in [4.69, 9.17) is 0 Å². The third-order valence-electron chi connectivity index (χ3n) is 3.86. The van der Waals surface area contributed by atoms with Gasteiger partial charge in [-0.2, -0.15) is 0 Å². The van der Waals surface area contributed by atoms with Crippen molar-refractivity contribution < 1.29 is 4.79 Å². The fraction of sp³-hybridized carbons (Fsp3) is 0.533. The summed E-state index contributed by atoms with van der Waals surface area (Å²) in [6.07, 6.45) is 1.11. The van der Waals surface area contributed by atoms with Gasteiger partial charge in [-0.3, -0.25) is 4.79 Å². The number of carbonyl (C=O) groups is 1. The molecule has 0 aromatic heterocycles. The number of carbonyl (C=O) groups excluding carboxylic acids is 1. The molecular formula is C15H19BrINO. The van der Waals surface area contributed by atoms with Gasteiger partial charge in [-0.1, -0.05) is 20.8 Å². The van der Waals surface area contributed by atoms with Crippen molar-refractivity contribution >= 4 is 44.4 Å². The molecule has 1 aromatic rings. The lowest BCUT2D eigenvalue weighted by atomic mass is 9.80. The summed E-state index contributed by atoms with van der Waals surface area (Å²) in [5.74, 6) is 0.746. The summed E-state index contributed by atoms with van der Waals surface area (Å²) in [4.78, 5) is 14.6. The predicted octanol–water partition coefficient (Wildman–Crippen LogP) is 4.56. The standard InChI is InChI=1S/C15H19BrINO/c1-15(2,3)10-6-7-18(9-10)14(19)12-8-11(17)4-5-13(12)16/h4-5,8,10H,6-7,9H2,1-3H3. The summed E-state index contributed by atoms with van der Waals surface area (Å²) in [5.41, 5.74) is 1.05. The maximum absolute atomic E-state index is 12.6. The van der Waals surface area contributed by atoms with Gasteiger partial charge in [0.25, 0.3) is 5.91 Å². The molecule has 2 rings (SSSR count). The van der Waals surface area contributed by atoms with E-state index in [1.807, 2.05) is 23.1 Å². The van der Waals surface area contributed by atoms with Gasteiger partial charge >= 0.3 is 0 Å². The quantitative estimate of drug-likeness (QED) is 0.592. The van der Waals surface area contributed by atoms with Crippen molar-refractivity contribution in [2.75, 3.05) is 13.1 Å². The molecular weight excluding hydrogens is 417 g/mol. The van der Waals surface area contributed by atoms with Crippen molar-refractivity contribution in [3.8, 4) is 0 Å². The molecule has 0 bridgehead atoms. The van der Waals surface area contributed by atoms with E-state index in [0.29, 0.717) is 5.92 Å². The van der Waals surface area contributed by atoms with Gasteiger partial charge in [0.05, 0.1) is 5.56 Å². The minimum Gasteiger partial charge on any atom is -0.338 e. The molecule has 1 atom stereocenters. The highest BCUT2D eigenvalue weighted by Crippen LogP contribution is 2.34. The Labute approximate surface area is 137 Å². The summed E-state index contributed by atoms with van der Waals surface area (Å²) in [5, 5.41) is 0. The van der Waals surface area contributed by atoms with E-state index in [-0.39, 0.29) is 11.3 Å². The normalized spacial score (nSPS) is 19.8. The fourth-order valence-electron chi connectivity index (χ4n) is 2.48. The molecule has 1 amide bonds. The Morgan fingerprint density at radius 3 is 2.68 bits per heavy atom.